The lowest BCUT2D eigenvalue weighted by atomic mass is 9.87. The normalized spacial score (nSPS) is 13.2. The summed E-state index contributed by atoms with van der Waals surface area (Å²) < 4.78 is 24.0. The fourth-order valence-electron chi connectivity index (χ4n) is 13.5. The summed E-state index contributed by atoms with van der Waals surface area (Å²) in [5.74, 6) is -0.981. The molecule has 0 heterocycles. The summed E-state index contributed by atoms with van der Waals surface area (Å²) in [6, 6.07) is 64.1. The molecular formula is C96H102Br4Cl4O7Si3. The number of halogens is 8. The molecule has 0 spiro atoms. The molecule has 12 aromatic carbocycles. The van der Waals surface area contributed by atoms with Gasteiger partial charge in [0.1, 0.15) is 6.10 Å². The fraction of sp³-hybridized carbons (Fsp3) is 0.271. The molecular weight excluding hydrogens is 1810 g/mol. The lowest BCUT2D eigenvalue weighted by molar-refractivity contribution is -0.146. The van der Waals surface area contributed by atoms with Crippen LogP contribution in [0.1, 0.15) is 131 Å². The van der Waals surface area contributed by atoms with Gasteiger partial charge in [-0.25, -0.2) is 4.79 Å². The first-order valence-corrected chi connectivity index (χ1v) is 51.3. The Morgan fingerprint density at radius 1 is 0.368 bits per heavy atom. The van der Waals surface area contributed by atoms with Crippen molar-refractivity contribution in [2.45, 2.75) is 169 Å². The van der Waals surface area contributed by atoms with E-state index in [1.807, 2.05) is 153 Å². The molecule has 0 aliphatic carbocycles. The van der Waals surface area contributed by atoms with E-state index in [-0.39, 0.29) is 21.2 Å². The number of fused-ring (bicyclic) bond motifs is 4. The van der Waals surface area contributed by atoms with Gasteiger partial charge < -0.3 is 28.3 Å². The van der Waals surface area contributed by atoms with E-state index in [0.717, 1.165) is 128 Å². The number of carbonyl (C=O) groups excluding carboxylic acids is 1. The number of aliphatic hydroxyl groups excluding tert-OH is 1. The summed E-state index contributed by atoms with van der Waals surface area (Å²) in [4.78, 5) is 25.0. The maximum absolute atomic E-state index is 12.6. The second-order valence-electron chi connectivity index (χ2n) is 33.4. The van der Waals surface area contributed by atoms with E-state index in [4.69, 9.17) is 59.7 Å². The van der Waals surface area contributed by atoms with Gasteiger partial charge in [0.05, 0.1) is 12.2 Å². The number of hydrogen-bond acceptors (Lipinski definition) is 6. The van der Waals surface area contributed by atoms with E-state index in [1.54, 1.807) is 6.08 Å². The molecule has 4 atom stereocenters. The van der Waals surface area contributed by atoms with Crippen molar-refractivity contribution in [3.8, 4) is 44.5 Å². The SMILES string of the molecule is C=CC(O)c1c(C)c(Br)c2ccccc2c1-c1ccc(Cl)cc1.C=CC(O[Si](C)(C)C(C)(C)C)c1c(C)c(Br)c2ccccc2c1-c1ccc(Cl)cc1.Cc1c(C(C=O)O[Si](C)(C)C(C)(C)C)c(-c2ccc(Cl)cc2)c2ccccc2c1Br.Cc1c(C(O[Si](C)(C)C(C)(C)C)C(=O)O)c(-c2ccc(Cl)cc2)c2ccccc2c1Br. The van der Waals surface area contributed by atoms with Gasteiger partial charge in [-0.15, -0.1) is 13.2 Å². The number of rotatable bonds is 18. The van der Waals surface area contributed by atoms with Crippen molar-refractivity contribution in [2.75, 3.05) is 0 Å². The van der Waals surface area contributed by atoms with E-state index in [0.29, 0.717) is 20.6 Å². The first kappa shape index (κ1) is 91.8. The fourth-order valence-corrected chi connectivity index (χ4v) is 19.8. The molecule has 4 unspecified atom stereocenters. The predicted octanol–water partition coefficient (Wildman–Crippen LogP) is 32.8. The van der Waals surface area contributed by atoms with Crippen molar-refractivity contribution in [1.29, 1.82) is 0 Å². The van der Waals surface area contributed by atoms with Crippen molar-refractivity contribution in [3.63, 3.8) is 0 Å². The van der Waals surface area contributed by atoms with Crippen LogP contribution in [0.4, 0.5) is 0 Å². The monoisotopic (exact) mass is 1910 g/mol. The van der Waals surface area contributed by atoms with Crippen molar-refractivity contribution in [1.82, 2.24) is 0 Å². The molecule has 0 aliphatic heterocycles. The lowest BCUT2D eigenvalue weighted by Gasteiger charge is -2.39. The Morgan fingerprint density at radius 3 is 0.851 bits per heavy atom. The van der Waals surface area contributed by atoms with Crippen molar-refractivity contribution in [2.24, 2.45) is 0 Å². The Balaban J connectivity index is 0.000000175. The molecule has 12 aromatic rings. The van der Waals surface area contributed by atoms with Crippen molar-refractivity contribution < 1.29 is 33.1 Å². The first-order chi connectivity index (χ1) is 53.3. The molecule has 596 valence electrons. The van der Waals surface area contributed by atoms with Crippen LogP contribution in [0.3, 0.4) is 0 Å². The molecule has 0 saturated carbocycles. The Hall–Kier alpha value is -6.13. The molecule has 2 N–H and O–H groups in total. The molecule has 0 aromatic heterocycles. The molecule has 114 heavy (non-hydrogen) atoms. The van der Waals surface area contributed by atoms with Crippen LogP contribution in [0.5, 0.6) is 0 Å². The maximum atomic E-state index is 12.6. The van der Waals surface area contributed by atoms with Gasteiger partial charge in [0, 0.05) is 43.5 Å². The second kappa shape index (κ2) is 37.4. The predicted molar refractivity (Wildman–Crippen MR) is 509 cm³/mol. The maximum Gasteiger partial charge on any atom is 0.336 e. The minimum atomic E-state index is -2.37. The quantitative estimate of drug-likeness (QED) is 0.0501. The van der Waals surface area contributed by atoms with Gasteiger partial charge in [-0.3, -0.25) is 0 Å². The summed E-state index contributed by atoms with van der Waals surface area (Å²) in [6.45, 7) is 48.9. The molecule has 0 saturated heterocycles. The molecule has 18 heteroatoms. The van der Waals surface area contributed by atoms with Crippen LogP contribution in [-0.4, -0.2) is 47.4 Å². The number of carboxylic acid groups (broad SMARTS) is 1. The van der Waals surface area contributed by atoms with Gasteiger partial charge in [0.15, 0.2) is 37.3 Å². The third kappa shape index (κ3) is 19.9. The summed E-state index contributed by atoms with van der Waals surface area (Å²) in [7, 11) is -6.57. The Kier molecular flexibility index (Phi) is 30.1. The smallest absolute Gasteiger partial charge is 0.336 e. The van der Waals surface area contributed by atoms with Crippen LogP contribution in [0.15, 0.2) is 237 Å². The second-order valence-corrected chi connectivity index (χ2v) is 52.6. The van der Waals surface area contributed by atoms with Crippen LogP contribution in [0.2, 0.25) is 74.5 Å². The van der Waals surface area contributed by atoms with E-state index in [1.165, 1.54) is 27.5 Å². The van der Waals surface area contributed by atoms with Gasteiger partial charge in [0.25, 0.3) is 0 Å². The number of carbonyl (C=O) groups is 2. The Bertz CT molecular complexity index is 5380. The highest BCUT2D eigenvalue weighted by molar-refractivity contribution is 9.11. The van der Waals surface area contributed by atoms with E-state index in [9.17, 15) is 19.8 Å². The van der Waals surface area contributed by atoms with E-state index < -0.39 is 49.2 Å². The van der Waals surface area contributed by atoms with Crippen LogP contribution in [0, 0.1) is 27.7 Å². The summed E-state index contributed by atoms with van der Waals surface area (Å²) in [6.07, 6.45) is 1.81. The largest absolute Gasteiger partial charge is 0.479 e. The van der Waals surface area contributed by atoms with E-state index >= 15 is 0 Å². The minimum Gasteiger partial charge on any atom is -0.479 e. The van der Waals surface area contributed by atoms with Gasteiger partial charge in [0.2, 0.25) is 0 Å². The Labute approximate surface area is 731 Å². The number of aliphatic hydroxyl groups is 1. The minimum absolute atomic E-state index is 0.00329. The average molecular weight is 1910 g/mol. The zero-order chi connectivity index (χ0) is 84.2. The van der Waals surface area contributed by atoms with Crippen molar-refractivity contribution >= 4 is 190 Å². The summed E-state index contributed by atoms with van der Waals surface area (Å²) >= 11 is 39.6. The number of benzene rings is 12. The third-order valence-corrected chi connectivity index (χ3v) is 41.3. The molecule has 0 amide bonds. The highest BCUT2D eigenvalue weighted by Gasteiger charge is 2.44. The molecule has 0 radical (unpaired) electrons. The zero-order valence-corrected chi connectivity index (χ0v) is 80.8. The van der Waals surface area contributed by atoms with Crippen LogP contribution >= 0.6 is 110 Å². The van der Waals surface area contributed by atoms with Gasteiger partial charge in [-0.2, -0.15) is 0 Å². The lowest BCUT2D eigenvalue weighted by Crippen LogP contribution is -2.43. The molecule has 0 bridgehead atoms. The highest BCUT2D eigenvalue weighted by Crippen LogP contribution is 2.52. The van der Waals surface area contributed by atoms with Crippen molar-refractivity contribution in [3.05, 3.63) is 302 Å². The van der Waals surface area contributed by atoms with Crippen LogP contribution in [-0.2, 0) is 22.9 Å². The van der Waals surface area contributed by atoms with E-state index in [2.05, 4.69) is 253 Å². The number of hydrogen-bond donors (Lipinski definition) is 2. The molecule has 0 fully saturated rings. The molecule has 0 aliphatic rings. The third-order valence-electron chi connectivity index (χ3n) is 22.9. The summed E-state index contributed by atoms with van der Waals surface area (Å²) in [5, 5.41) is 32.4. The molecule has 7 nitrogen and oxygen atoms in total. The zero-order valence-electron chi connectivity index (χ0n) is 68.4. The topological polar surface area (TPSA) is 102 Å². The number of carboxylic acids is 1. The van der Waals surface area contributed by atoms with Crippen LogP contribution < -0.4 is 0 Å². The van der Waals surface area contributed by atoms with Gasteiger partial charge in [-0.1, -0.05) is 266 Å². The Morgan fingerprint density at radius 2 is 0.596 bits per heavy atom. The standard InChI is InChI=1S/C26H30BrClOSi.C25H28BrClO3Si.C25H28BrClO2Si.C20H16BrClO/c1-8-22(29-30(6,7)26(3,4)5)23-17(2)25(27)21-12-10-9-11-20(21)24(23)18-13-15-19(28)16-14-18;1-15-20(23(24(28)29)30-31(5,6)25(2,3)4)21(16-11-13-17(27)14-12-16)18-9-7-8-10-19(18)22(15)26;1-16-22(21(15-28)29-30(5,6)25(2,3)4)23(17-11-13-18(27)14-12-17)19-9-7-8-10-20(19)24(16)26;1-3-17(23)18-12(2)20(21)16-7-5-4-6-15(16)19(18)13-8-10-14(22)11-9-13/h8-16,22H,1H2,2-7H3;7-14,23H,1-6H3,(H,28,29);7-15,21H,1-6H3;3-11,17,23H,1H2,2H3. The summed E-state index contributed by atoms with van der Waals surface area (Å²) in [5.41, 5.74) is 15.9. The highest BCUT2D eigenvalue weighted by atomic mass is 79.9. The average Bonchev–Trinajstić information content (AvgIpc) is 0.751. The van der Waals surface area contributed by atoms with Gasteiger partial charge in [-0.05, 0) is 321 Å². The molecule has 12 rings (SSSR count). The van der Waals surface area contributed by atoms with Crippen LogP contribution in [0.25, 0.3) is 87.6 Å². The number of aldehydes is 1. The first-order valence-electron chi connectivity index (χ1n) is 37.9. The number of aliphatic carboxylic acids is 1. The van der Waals surface area contributed by atoms with Gasteiger partial charge >= 0.3 is 5.97 Å².